The predicted molar refractivity (Wildman–Crippen MR) is 73.5 cm³/mol. The Morgan fingerprint density at radius 1 is 1.53 bits per heavy atom. The third-order valence-corrected chi connectivity index (χ3v) is 3.41. The normalized spacial score (nSPS) is 20.8. The summed E-state index contributed by atoms with van der Waals surface area (Å²) in [5, 5.41) is 3.87. The van der Waals surface area contributed by atoms with Gasteiger partial charge in [-0.3, -0.25) is 9.69 Å². The molecule has 0 saturated carbocycles. The van der Waals surface area contributed by atoms with Crippen LogP contribution >= 0.6 is 11.6 Å². The van der Waals surface area contributed by atoms with Crippen LogP contribution in [0.25, 0.3) is 11.1 Å². The number of anilines is 1. The number of aromatic nitrogens is 1. The van der Waals surface area contributed by atoms with Gasteiger partial charge >= 0.3 is 6.01 Å². The maximum absolute atomic E-state index is 12.1. The number of benzene rings is 1. The number of nitrogens with zero attached hydrogens (tertiary/aromatic N) is 2. The second kappa shape index (κ2) is 4.83. The minimum atomic E-state index is 0.0233. The summed E-state index contributed by atoms with van der Waals surface area (Å²) in [5.74, 6) is 0.0233. The highest BCUT2D eigenvalue weighted by molar-refractivity contribution is 6.31. The van der Waals surface area contributed by atoms with Crippen LogP contribution in [0.5, 0.6) is 0 Å². The van der Waals surface area contributed by atoms with E-state index in [0.29, 0.717) is 35.1 Å². The molecule has 1 atom stereocenters. The maximum Gasteiger partial charge on any atom is 0.305 e. The average molecular weight is 280 g/mol. The Balaban J connectivity index is 1.96. The van der Waals surface area contributed by atoms with Gasteiger partial charge in [0.1, 0.15) is 5.52 Å². The highest BCUT2D eigenvalue weighted by Crippen LogP contribution is 2.25. The highest BCUT2D eigenvalue weighted by atomic mass is 35.5. The van der Waals surface area contributed by atoms with Crippen LogP contribution in [0.3, 0.4) is 0 Å². The Morgan fingerprint density at radius 2 is 2.37 bits per heavy atom. The van der Waals surface area contributed by atoms with E-state index < -0.39 is 0 Å². The molecule has 2 aromatic rings. The Kier molecular flexibility index (Phi) is 3.16. The molecule has 1 unspecified atom stereocenters. The zero-order valence-electron chi connectivity index (χ0n) is 10.5. The minimum Gasteiger partial charge on any atom is -0.423 e. The third kappa shape index (κ3) is 2.43. The van der Waals surface area contributed by atoms with E-state index in [9.17, 15) is 4.79 Å². The maximum atomic E-state index is 12.1. The Labute approximate surface area is 115 Å². The summed E-state index contributed by atoms with van der Waals surface area (Å²) < 4.78 is 5.63. The van der Waals surface area contributed by atoms with Gasteiger partial charge in [0.15, 0.2) is 5.58 Å². The summed E-state index contributed by atoms with van der Waals surface area (Å²) >= 11 is 5.92. The molecule has 0 radical (unpaired) electrons. The van der Waals surface area contributed by atoms with Crippen molar-refractivity contribution in [1.82, 2.24) is 10.3 Å². The van der Waals surface area contributed by atoms with Crippen molar-refractivity contribution >= 4 is 34.6 Å². The smallest absolute Gasteiger partial charge is 0.305 e. The van der Waals surface area contributed by atoms with Crippen LogP contribution in [-0.4, -0.2) is 30.0 Å². The molecule has 1 amide bonds. The van der Waals surface area contributed by atoms with Gasteiger partial charge in [-0.2, -0.15) is 4.98 Å². The van der Waals surface area contributed by atoms with E-state index in [1.165, 1.54) is 0 Å². The number of halogens is 1. The van der Waals surface area contributed by atoms with Crippen LogP contribution in [0, 0.1) is 0 Å². The number of carbonyl (C=O) groups excluding carboxylic acids is 1. The lowest BCUT2D eigenvalue weighted by atomic mass is 10.2. The van der Waals surface area contributed by atoms with E-state index >= 15 is 0 Å². The van der Waals surface area contributed by atoms with Gasteiger partial charge in [-0.15, -0.1) is 0 Å². The predicted octanol–water partition coefficient (Wildman–Crippen LogP) is 2.20. The van der Waals surface area contributed by atoms with E-state index in [4.69, 9.17) is 16.0 Å². The Morgan fingerprint density at radius 3 is 3.21 bits per heavy atom. The van der Waals surface area contributed by atoms with Crippen molar-refractivity contribution in [3.8, 4) is 0 Å². The van der Waals surface area contributed by atoms with Crippen LogP contribution in [0.15, 0.2) is 22.6 Å². The molecule has 5 nitrogen and oxygen atoms in total. The number of carbonyl (C=O) groups is 1. The largest absolute Gasteiger partial charge is 0.423 e. The van der Waals surface area contributed by atoms with Gasteiger partial charge in [-0.05, 0) is 25.1 Å². The van der Waals surface area contributed by atoms with Gasteiger partial charge in [0.05, 0.1) is 0 Å². The van der Waals surface area contributed by atoms with Crippen LogP contribution in [0.4, 0.5) is 6.01 Å². The van der Waals surface area contributed by atoms with Gasteiger partial charge in [0.25, 0.3) is 0 Å². The number of amides is 1. The van der Waals surface area contributed by atoms with E-state index in [2.05, 4.69) is 10.3 Å². The van der Waals surface area contributed by atoms with Crippen molar-refractivity contribution in [3.63, 3.8) is 0 Å². The SMILES string of the molecule is CC1CC(=O)N(c2nc3cc(Cl)ccc3o2)CCN1. The van der Waals surface area contributed by atoms with Crippen molar-refractivity contribution in [3.05, 3.63) is 23.2 Å². The molecule has 2 heterocycles. The first-order valence-electron chi connectivity index (χ1n) is 6.23. The number of rotatable bonds is 1. The van der Waals surface area contributed by atoms with E-state index in [-0.39, 0.29) is 11.9 Å². The monoisotopic (exact) mass is 279 g/mol. The molecule has 0 bridgehead atoms. The number of hydrogen-bond acceptors (Lipinski definition) is 4. The van der Waals surface area contributed by atoms with Gasteiger partial charge in [-0.25, -0.2) is 0 Å². The minimum absolute atomic E-state index is 0.0233. The van der Waals surface area contributed by atoms with Gasteiger partial charge in [0, 0.05) is 30.6 Å². The van der Waals surface area contributed by atoms with Crippen LogP contribution < -0.4 is 10.2 Å². The van der Waals surface area contributed by atoms with E-state index in [0.717, 1.165) is 6.54 Å². The molecule has 1 N–H and O–H groups in total. The van der Waals surface area contributed by atoms with Gasteiger partial charge in [0.2, 0.25) is 5.91 Å². The summed E-state index contributed by atoms with van der Waals surface area (Å²) in [4.78, 5) is 18.1. The lowest BCUT2D eigenvalue weighted by Gasteiger charge is -2.14. The van der Waals surface area contributed by atoms with E-state index in [1.807, 2.05) is 6.92 Å². The zero-order valence-corrected chi connectivity index (χ0v) is 11.3. The van der Waals surface area contributed by atoms with Crippen molar-refractivity contribution in [2.75, 3.05) is 18.0 Å². The Hall–Kier alpha value is -1.59. The average Bonchev–Trinajstić information content (AvgIpc) is 2.68. The number of nitrogens with one attached hydrogen (secondary N) is 1. The quantitative estimate of drug-likeness (QED) is 0.869. The molecule has 0 aliphatic carbocycles. The standard InChI is InChI=1S/C13H14ClN3O2/c1-8-6-12(18)17(5-4-15-8)13-16-10-7-9(14)2-3-11(10)19-13/h2-3,7-8,15H,4-6H2,1H3. The fraction of sp³-hybridized carbons (Fsp3) is 0.385. The third-order valence-electron chi connectivity index (χ3n) is 3.18. The fourth-order valence-electron chi connectivity index (χ4n) is 2.20. The van der Waals surface area contributed by atoms with E-state index in [1.54, 1.807) is 23.1 Å². The van der Waals surface area contributed by atoms with Crippen molar-refractivity contribution in [2.24, 2.45) is 0 Å². The van der Waals surface area contributed by atoms with Crippen LogP contribution in [-0.2, 0) is 4.79 Å². The van der Waals surface area contributed by atoms with Crippen LogP contribution in [0.1, 0.15) is 13.3 Å². The van der Waals surface area contributed by atoms with Crippen molar-refractivity contribution in [2.45, 2.75) is 19.4 Å². The first-order valence-corrected chi connectivity index (χ1v) is 6.61. The molecule has 1 aliphatic rings. The molecule has 1 aliphatic heterocycles. The molecule has 3 rings (SSSR count). The van der Waals surface area contributed by atoms with Gasteiger partial charge < -0.3 is 9.73 Å². The second-order valence-electron chi connectivity index (χ2n) is 4.71. The fourth-order valence-corrected chi connectivity index (χ4v) is 2.36. The summed E-state index contributed by atoms with van der Waals surface area (Å²) in [6.07, 6.45) is 0.444. The molecule has 6 heteroatoms. The van der Waals surface area contributed by atoms with Crippen LogP contribution in [0.2, 0.25) is 5.02 Å². The summed E-state index contributed by atoms with van der Waals surface area (Å²) in [6.45, 7) is 3.28. The Bertz CT molecular complexity index is 625. The number of oxazole rings is 1. The second-order valence-corrected chi connectivity index (χ2v) is 5.15. The molecule has 1 saturated heterocycles. The van der Waals surface area contributed by atoms with Crippen molar-refractivity contribution < 1.29 is 9.21 Å². The molecule has 1 aromatic carbocycles. The number of fused-ring (bicyclic) bond motifs is 1. The molecular weight excluding hydrogens is 266 g/mol. The zero-order chi connectivity index (χ0) is 13.4. The molecule has 0 spiro atoms. The topological polar surface area (TPSA) is 58.4 Å². The summed E-state index contributed by atoms with van der Waals surface area (Å²) in [5.41, 5.74) is 1.30. The first-order chi connectivity index (χ1) is 9.13. The molecule has 1 fully saturated rings. The molecular formula is C13H14ClN3O2. The molecule has 100 valence electrons. The first kappa shape index (κ1) is 12.4. The van der Waals surface area contributed by atoms with Gasteiger partial charge in [-0.1, -0.05) is 11.6 Å². The molecule has 19 heavy (non-hydrogen) atoms. The summed E-state index contributed by atoms with van der Waals surface area (Å²) in [6, 6.07) is 5.76. The van der Waals surface area contributed by atoms with Crippen molar-refractivity contribution in [1.29, 1.82) is 0 Å². The molecule has 1 aromatic heterocycles. The number of hydrogen-bond donors (Lipinski definition) is 1. The highest BCUT2D eigenvalue weighted by Gasteiger charge is 2.25. The lowest BCUT2D eigenvalue weighted by molar-refractivity contribution is -0.118. The summed E-state index contributed by atoms with van der Waals surface area (Å²) in [7, 11) is 0. The lowest BCUT2D eigenvalue weighted by Crippen LogP contribution is -2.32.